The van der Waals surface area contributed by atoms with Crippen molar-refractivity contribution in [2.24, 2.45) is 0 Å². The smallest absolute Gasteiger partial charge is 0.00202 e. The standard InChI is InChI=1S/C32H30/c1-22-17-26(14-13-23(22)18-29-11-7-8-12-31(29)32(2,3)4)27-15-16-28-19-24-9-5-6-10-25(24)20-30(28)21-27/h5-17,19-21H,18H2,1-4H3. The molecule has 0 heterocycles. The lowest BCUT2D eigenvalue weighted by molar-refractivity contribution is 0.584. The molecule has 0 nitrogen and oxygen atoms in total. The second-order valence-electron chi connectivity index (χ2n) is 9.99. The number of aryl methyl sites for hydroxylation is 1. The van der Waals surface area contributed by atoms with Crippen LogP contribution >= 0.6 is 0 Å². The molecule has 0 fully saturated rings. The van der Waals surface area contributed by atoms with Crippen LogP contribution in [0.5, 0.6) is 0 Å². The molecule has 0 heteroatoms. The van der Waals surface area contributed by atoms with Gasteiger partial charge in [-0.15, -0.1) is 0 Å². The zero-order chi connectivity index (χ0) is 22.3. The Labute approximate surface area is 191 Å². The van der Waals surface area contributed by atoms with Crippen molar-refractivity contribution in [1.82, 2.24) is 0 Å². The maximum atomic E-state index is 2.34. The van der Waals surface area contributed by atoms with Crippen LogP contribution in [-0.4, -0.2) is 0 Å². The topological polar surface area (TPSA) is 0 Å². The van der Waals surface area contributed by atoms with E-state index >= 15 is 0 Å². The first-order chi connectivity index (χ1) is 15.4. The summed E-state index contributed by atoms with van der Waals surface area (Å²) in [5.74, 6) is 0. The summed E-state index contributed by atoms with van der Waals surface area (Å²) >= 11 is 0. The van der Waals surface area contributed by atoms with Gasteiger partial charge in [-0.2, -0.15) is 0 Å². The van der Waals surface area contributed by atoms with Crippen molar-refractivity contribution >= 4 is 21.5 Å². The van der Waals surface area contributed by atoms with Gasteiger partial charge >= 0.3 is 0 Å². The molecule has 0 N–H and O–H groups in total. The molecule has 0 bridgehead atoms. The van der Waals surface area contributed by atoms with E-state index in [9.17, 15) is 0 Å². The molecule has 5 aromatic rings. The minimum absolute atomic E-state index is 0.152. The molecule has 5 aromatic carbocycles. The van der Waals surface area contributed by atoms with Gasteiger partial charge in [0.1, 0.15) is 0 Å². The summed E-state index contributed by atoms with van der Waals surface area (Å²) in [4.78, 5) is 0. The van der Waals surface area contributed by atoms with Crippen molar-refractivity contribution in [3.05, 3.63) is 119 Å². The molecule has 5 rings (SSSR count). The molecule has 0 aliphatic rings. The summed E-state index contributed by atoms with van der Waals surface area (Å²) in [6.45, 7) is 9.13. The van der Waals surface area contributed by atoms with Crippen molar-refractivity contribution in [3.8, 4) is 11.1 Å². The molecule has 0 saturated carbocycles. The molecule has 0 radical (unpaired) electrons. The number of fused-ring (bicyclic) bond motifs is 2. The SMILES string of the molecule is Cc1cc(-c2ccc3cc4ccccc4cc3c2)ccc1Cc1ccccc1C(C)(C)C. The van der Waals surface area contributed by atoms with Crippen LogP contribution in [0.15, 0.2) is 97.1 Å². The summed E-state index contributed by atoms with van der Waals surface area (Å²) in [5, 5.41) is 5.17. The number of hydrogen-bond acceptors (Lipinski definition) is 0. The fourth-order valence-corrected chi connectivity index (χ4v) is 4.80. The van der Waals surface area contributed by atoms with Gasteiger partial charge in [-0.3, -0.25) is 0 Å². The maximum absolute atomic E-state index is 2.34. The third-order valence-corrected chi connectivity index (χ3v) is 6.59. The van der Waals surface area contributed by atoms with Gasteiger partial charge in [0.25, 0.3) is 0 Å². The average Bonchev–Trinajstić information content (AvgIpc) is 2.78. The van der Waals surface area contributed by atoms with Gasteiger partial charge in [0.2, 0.25) is 0 Å². The molecule has 0 atom stereocenters. The maximum Gasteiger partial charge on any atom is -0.00202 e. The normalized spacial score (nSPS) is 11.9. The van der Waals surface area contributed by atoms with Crippen LogP contribution < -0.4 is 0 Å². The molecule has 0 aliphatic heterocycles. The minimum atomic E-state index is 0.152. The minimum Gasteiger partial charge on any atom is -0.0620 e. The van der Waals surface area contributed by atoms with Crippen LogP contribution in [0.1, 0.15) is 43.0 Å². The molecule has 32 heavy (non-hydrogen) atoms. The molecular formula is C32H30. The third kappa shape index (κ3) is 3.94. The van der Waals surface area contributed by atoms with Crippen LogP contribution in [0.3, 0.4) is 0 Å². The molecule has 0 spiro atoms. The second kappa shape index (κ2) is 7.95. The van der Waals surface area contributed by atoms with E-state index in [1.165, 1.54) is 54.9 Å². The molecule has 0 aliphatic carbocycles. The molecule has 0 unspecified atom stereocenters. The Kier molecular flexibility index (Phi) is 5.10. The van der Waals surface area contributed by atoms with Gasteiger partial charge in [-0.05, 0) is 91.9 Å². The van der Waals surface area contributed by atoms with E-state index in [1.807, 2.05) is 0 Å². The zero-order valence-corrected chi connectivity index (χ0v) is 19.4. The van der Waals surface area contributed by atoms with Gasteiger partial charge in [0.15, 0.2) is 0 Å². The van der Waals surface area contributed by atoms with Crippen LogP contribution in [0.25, 0.3) is 32.7 Å². The number of benzene rings is 5. The third-order valence-electron chi connectivity index (χ3n) is 6.59. The fourth-order valence-electron chi connectivity index (χ4n) is 4.80. The monoisotopic (exact) mass is 414 g/mol. The summed E-state index contributed by atoms with van der Waals surface area (Å²) < 4.78 is 0. The van der Waals surface area contributed by atoms with Crippen LogP contribution in [0, 0.1) is 6.92 Å². The Morgan fingerprint density at radius 2 is 1.12 bits per heavy atom. The predicted octanol–water partition coefficient (Wildman–Crippen LogP) is 8.86. The summed E-state index contributed by atoms with van der Waals surface area (Å²) in [6.07, 6.45) is 0.975. The summed E-state index contributed by atoms with van der Waals surface area (Å²) in [6, 6.07) is 35.8. The molecule has 0 saturated heterocycles. The van der Waals surface area contributed by atoms with Crippen molar-refractivity contribution in [2.75, 3.05) is 0 Å². The van der Waals surface area contributed by atoms with E-state index in [4.69, 9.17) is 0 Å². The first-order valence-corrected chi connectivity index (χ1v) is 11.5. The van der Waals surface area contributed by atoms with Crippen molar-refractivity contribution < 1.29 is 0 Å². The Morgan fingerprint density at radius 3 is 1.84 bits per heavy atom. The van der Waals surface area contributed by atoms with Crippen LogP contribution in [0.4, 0.5) is 0 Å². The Morgan fingerprint density at radius 1 is 0.531 bits per heavy atom. The Bertz CT molecular complexity index is 1430. The van der Waals surface area contributed by atoms with Gasteiger partial charge in [-0.1, -0.05) is 99.6 Å². The van der Waals surface area contributed by atoms with E-state index in [2.05, 4.69) is 125 Å². The largest absolute Gasteiger partial charge is 0.0620 e. The Hall–Kier alpha value is -3.38. The molecule has 0 aromatic heterocycles. The van der Waals surface area contributed by atoms with Gasteiger partial charge in [0.05, 0.1) is 0 Å². The average molecular weight is 415 g/mol. The lowest BCUT2D eigenvalue weighted by atomic mass is 9.82. The fraction of sp³-hybridized carbons (Fsp3) is 0.188. The highest BCUT2D eigenvalue weighted by molar-refractivity contribution is 5.99. The zero-order valence-electron chi connectivity index (χ0n) is 19.4. The highest BCUT2D eigenvalue weighted by atomic mass is 14.2. The Balaban J connectivity index is 1.49. The highest BCUT2D eigenvalue weighted by Crippen LogP contribution is 2.31. The first kappa shape index (κ1) is 20.5. The van der Waals surface area contributed by atoms with E-state index in [1.54, 1.807) is 0 Å². The molecular weight excluding hydrogens is 384 g/mol. The number of hydrogen-bond donors (Lipinski definition) is 0. The predicted molar refractivity (Wildman–Crippen MR) is 140 cm³/mol. The van der Waals surface area contributed by atoms with Crippen LogP contribution in [-0.2, 0) is 11.8 Å². The van der Waals surface area contributed by atoms with E-state index in [0.717, 1.165) is 6.42 Å². The van der Waals surface area contributed by atoms with E-state index in [0.29, 0.717) is 0 Å². The van der Waals surface area contributed by atoms with Crippen molar-refractivity contribution in [1.29, 1.82) is 0 Å². The van der Waals surface area contributed by atoms with E-state index in [-0.39, 0.29) is 5.41 Å². The van der Waals surface area contributed by atoms with Gasteiger partial charge in [0, 0.05) is 0 Å². The van der Waals surface area contributed by atoms with Crippen molar-refractivity contribution in [3.63, 3.8) is 0 Å². The molecule has 158 valence electrons. The molecule has 0 amide bonds. The van der Waals surface area contributed by atoms with E-state index < -0.39 is 0 Å². The summed E-state index contributed by atoms with van der Waals surface area (Å²) in [5.41, 5.74) is 8.32. The lowest BCUT2D eigenvalue weighted by Gasteiger charge is -2.23. The van der Waals surface area contributed by atoms with Gasteiger partial charge < -0.3 is 0 Å². The van der Waals surface area contributed by atoms with Crippen molar-refractivity contribution in [2.45, 2.75) is 39.5 Å². The number of rotatable bonds is 3. The first-order valence-electron chi connectivity index (χ1n) is 11.5. The lowest BCUT2D eigenvalue weighted by Crippen LogP contribution is -2.14. The summed E-state index contributed by atoms with van der Waals surface area (Å²) in [7, 11) is 0. The highest BCUT2D eigenvalue weighted by Gasteiger charge is 2.17. The second-order valence-corrected chi connectivity index (χ2v) is 9.99. The van der Waals surface area contributed by atoms with Crippen LogP contribution in [0.2, 0.25) is 0 Å². The quantitative estimate of drug-likeness (QED) is 0.259. The van der Waals surface area contributed by atoms with Gasteiger partial charge in [-0.25, -0.2) is 0 Å².